The largest absolute Gasteiger partial charge is 0.381 e. The van der Waals surface area contributed by atoms with Crippen molar-refractivity contribution in [3.8, 4) is 0 Å². The molecule has 0 atom stereocenters. The third-order valence-corrected chi connectivity index (χ3v) is 8.13. The SMILES string of the molecule is C1CCOC1.CC(C)(C)[Si](c1ccccc1)c1ccccc1.[CH]1[CH][CH][CH][CH]1.[CH]1[CH][CH][CH][CH]1.[Lu]. The van der Waals surface area contributed by atoms with E-state index in [1.807, 2.05) is 64.2 Å². The fourth-order valence-corrected chi connectivity index (χ4v) is 6.51. The summed E-state index contributed by atoms with van der Waals surface area (Å²) >= 11 is 0. The van der Waals surface area contributed by atoms with Gasteiger partial charge in [0.2, 0.25) is 0 Å². The first kappa shape index (κ1) is 30.9. The molecule has 2 saturated carbocycles. The van der Waals surface area contributed by atoms with Gasteiger partial charge < -0.3 is 4.74 Å². The summed E-state index contributed by atoms with van der Waals surface area (Å²) in [7, 11) is -0.715. The molecule has 0 aromatic heterocycles. The van der Waals surface area contributed by atoms with Crippen molar-refractivity contribution in [2.75, 3.05) is 13.2 Å². The number of ether oxygens (including phenoxy) is 1. The molecule has 3 aliphatic rings. The van der Waals surface area contributed by atoms with Crippen molar-refractivity contribution in [2.45, 2.75) is 38.7 Å². The average molecular weight is 617 g/mol. The normalized spacial score (nSPS) is 17.0. The van der Waals surface area contributed by atoms with Crippen LogP contribution in [0.3, 0.4) is 0 Å². The fraction of sp³-hybridized carbons (Fsp3) is 0.267. The van der Waals surface area contributed by atoms with Gasteiger partial charge in [-0.3, -0.25) is 0 Å². The van der Waals surface area contributed by atoms with E-state index in [1.54, 1.807) is 0 Å². The molecule has 0 bridgehead atoms. The van der Waals surface area contributed by atoms with Crippen LogP contribution in [0, 0.1) is 101 Å². The maximum atomic E-state index is 4.94. The molecule has 2 aliphatic carbocycles. The van der Waals surface area contributed by atoms with E-state index in [9.17, 15) is 0 Å². The number of rotatable bonds is 2. The summed E-state index contributed by atoms with van der Waals surface area (Å²) in [4.78, 5) is 0. The molecule has 1 heterocycles. The average Bonchev–Trinajstić information content (AvgIpc) is 3.62. The van der Waals surface area contributed by atoms with Gasteiger partial charge in [-0.25, -0.2) is 0 Å². The minimum Gasteiger partial charge on any atom is -0.381 e. The van der Waals surface area contributed by atoms with Gasteiger partial charge >= 0.3 is 0 Å². The number of hydrogen-bond donors (Lipinski definition) is 0. The topological polar surface area (TPSA) is 9.23 Å². The quantitative estimate of drug-likeness (QED) is 0.380. The Morgan fingerprint density at radius 2 is 0.848 bits per heavy atom. The molecule has 0 unspecified atom stereocenters. The smallest absolute Gasteiger partial charge is 0.126 e. The summed E-state index contributed by atoms with van der Waals surface area (Å²) in [6.07, 6.45) is 22.6. The summed E-state index contributed by atoms with van der Waals surface area (Å²) in [5.74, 6) is 0. The van der Waals surface area contributed by atoms with Gasteiger partial charge in [0, 0.05) is 50.1 Å². The first-order chi connectivity index (χ1) is 15.6. The summed E-state index contributed by atoms with van der Waals surface area (Å²) in [6, 6.07) is 21.9. The molecule has 3 heteroatoms. The maximum absolute atomic E-state index is 4.94. The van der Waals surface area contributed by atoms with Gasteiger partial charge in [-0.15, -0.1) is 0 Å². The Bertz CT molecular complexity index is 585. The van der Waals surface area contributed by atoms with Gasteiger partial charge in [0.05, 0.1) is 0 Å². The molecule has 3 fully saturated rings. The van der Waals surface area contributed by atoms with Crippen LogP contribution in [0.5, 0.6) is 0 Å². The van der Waals surface area contributed by atoms with Gasteiger partial charge in [0.25, 0.3) is 0 Å². The zero-order valence-corrected chi connectivity index (χ0v) is 22.7. The molecular weight excluding hydrogens is 579 g/mol. The second-order valence-electron chi connectivity index (χ2n) is 8.60. The van der Waals surface area contributed by atoms with Crippen LogP contribution in [-0.4, -0.2) is 22.0 Å². The minimum atomic E-state index is -0.715. The molecule has 0 amide bonds. The van der Waals surface area contributed by atoms with Crippen LogP contribution in [0.25, 0.3) is 0 Å². The van der Waals surface area contributed by atoms with Crippen molar-refractivity contribution in [1.82, 2.24) is 0 Å². The molecule has 1 nitrogen and oxygen atoms in total. The molecule has 1 saturated heterocycles. The zero-order valence-electron chi connectivity index (χ0n) is 20.0. The first-order valence-electron chi connectivity index (χ1n) is 11.5. The summed E-state index contributed by atoms with van der Waals surface area (Å²) in [5, 5.41) is 3.32. The van der Waals surface area contributed by atoms with E-state index < -0.39 is 8.80 Å². The molecule has 12 radical (unpaired) electrons. The van der Waals surface area contributed by atoms with Crippen LogP contribution < -0.4 is 10.4 Å². The number of benzene rings is 2. The molecule has 2 aromatic rings. The van der Waals surface area contributed by atoms with E-state index in [0.717, 1.165) is 13.2 Å². The van der Waals surface area contributed by atoms with E-state index in [-0.39, 0.29) is 36.9 Å². The van der Waals surface area contributed by atoms with Crippen LogP contribution in [0.1, 0.15) is 33.6 Å². The third-order valence-electron chi connectivity index (χ3n) is 4.81. The Labute approximate surface area is 235 Å². The summed E-state index contributed by atoms with van der Waals surface area (Å²) in [5.41, 5.74) is 0. The predicted molar refractivity (Wildman–Crippen MR) is 141 cm³/mol. The van der Waals surface area contributed by atoms with Crippen LogP contribution in [0.2, 0.25) is 5.04 Å². The Hall–Kier alpha value is -0.149. The standard InChI is InChI=1S/C16H19Si.2C5H5.C4H8O.Lu/c1-16(2,3)17(14-10-6-4-7-11-14)15-12-8-5-9-13-15;3*1-2-4-5-3-1;/h4-13H,1-3H3;2*1-5H;1-4H2;. The Balaban J connectivity index is 0.000000274. The number of hydrogen-bond acceptors (Lipinski definition) is 1. The summed E-state index contributed by atoms with van der Waals surface area (Å²) in [6.45, 7) is 9.05. The van der Waals surface area contributed by atoms with Crippen molar-refractivity contribution in [1.29, 1.82) is 0 Å². The van der Waals surface area contributed by atoms with Gasteiger partial charge in [0.15, 0.2) is 0 Å². The molecule has 0 spiro atoms. The van der Waals surface area contributed by atoms with Crippen molar-refractivity contribution in [3.05, 3.63) is 125 Å². The van der Waals surface area contributed by atoms with Gasteiger partial charge in [-0.2, -0.15) is 0 Å². The van der Waals surface area contributed by atoms with Crippen LogP contribution in [0.15, 0.2) is 60.7 Å². The monoisotopic (exact) mass is 616 g/mol. The van der Waals surface area contributed by atoms with Crippen LogP contribution in [-0.2, 0) is 4.74 Å². The molecule has 182 valence electrons. The van der Waals surface area contributed by atoms with Gasteiger partial charge in [0.1, 0.15) is 8.80 Å². The van der Waals surface area contributed by atoms with Crippen molar-refractivity contribution in [2.24, 2.45) is 0 Å². The molecule has 5 rings (SSSR count). The van der Waals surface area contributed by atoms with E-state index in [2.05, 4.69) is 81.4 Å². The van der Waals surface area contributed by atoms with Crippen LogP contribution in [0.4, 0.5) is 0 Å². The maximum Gasteiger partial charge on any atom is 0.126 e. The minimum absolute atomic E-state index is 0. The molecular formula is C30H37LuOSi. The molecule has 1 aliphatic heterocycles. The fourth-order valence-electron chi connectivity index (χ4n) is 3.39. The Morgan fingerprint density at radius 1 is 0.545 bits per heavy atom. The third kappa shape index (κ3) is 14.1. The van der Waals surface area contributed by atoms with E-state index in [4.69, 9.17) is 4.74 Å². The molecule has 2 aromatic carbocycles. The second kappa shape index (κ2) is 19.1. The van der Waals surface area contributed by atoms with E-state index >= 15 is 0 Å². The van der Waals surface area contributed by atoms with E-state index in [1.165, 1.54) is 23.2 Å². The Morgan fingerprint density at radius 3 is 1.06 bits per heavy atom. The molecule has 33 heavy (non-hydrogen) atoms. The van der Waals surface area contributed by atoms with Crippen molar-refractivity contribution >= 4 is 19.2 Å². The molecule has 0 N–H and O–H groups in total. The van der Waals surface area contributed by atoms with E-state index in [0.29, 0.717) is 5.04 Å². The van der Waals surface area contributed by atoms with Crippen molar-refractivity contribution in [3.63, 3.8) is 0 Å². The zero-order chi connectivity index (χ0) is 22.9. The Kier molecular flexibility index (Phi) is 17.9. The summed E-state index contributed by atoms with van der Waals surface area (Å²) < 4.78 is 4.94. The van der Waals surface area contributed by atoms with Gasteiger partial charge in [-0.1, -0.05) is 91.8 Å². The van der Waals surface area contributed by atoms with Gasteiger partial charge in [-0.05, 0) is 82.1 Å². The van der Waals surface area contributed by atoms with Crippen LogP contribution >= 0.6 is 0 Å². The first-order valence-corrected chi connectivity index (χ1v) is 13.0. The second-order valence-corrected chi connectivity index (χ2v) is 12.0. The van der Waals surface area contributed by atoms with Crippen molar-refractivity contribution < 1.29 is 41.6 Å². The predicted octanol–water partition coefficient (Wildman–Crippen LogP) is 5.94.